The molecule has 1 aliphatic heterocycles. The van der Waals surface area contributed by atoms with Crippen molar-refractivity contribution in [2.45, 2.75) is 44.8 Å². The van der Waals surface area contributed by atoms with Gasteiger partial charge in [-0.1, -0.05) is 31.0 Å². The van der Waals surface area contributed by atoms with Gasteiger partial charge in [-0.25, -0.2) is 0 Å². The molecule has 168 valence electrons. The summed E-state index contributed by atoms with van der Waals surface area (Å²) in [6, 6.07) is 14.5. The van der Waals surface area contributed by atoms with Gasteiger partial charge in [-0.15, -0.1) is 0 Å². The van der Waals surface area contributed by atoms with E-state index in [1.807, 2.05) is 35.2 Å². The minimum atomic E-state index is -0.983. The molecule has 2 atom stereocenters. The lowest BCUT2D eigenvalue weighted by atomic mass is 9.90. The van der Waals surface area contributed by atoms with Gasteiger partial charge in [0.15, 0.2) is 0 Å². The zero-order valence-electron chi connectivity index (χ0n) is 18.1. The molecule has 2 aromatic rings. The maximum atomic E-state index is 12.5. The summed E-state index contributed by atoms with van der Waals surface area (Å²) in [5.41, 5.74) is -0.258. The molecule has 1 amide bonds. The van der Waals surface area contributed by atoms with Crippen LogP contribution in [0, 0.1) is 0 Å². The van der Waals surface area contributed by atoms with E-state index in [2.05, 4.69) is 12.2 Å². The maximum absolute atomic E-state index is 12.5. The van der Waals surface area contributed by atoms with Crippen molar-refractivity contribution in [3.63, 3.8) is 0 Å². The van der Waals surface area contributed by atoms with Crippen molar-refractivity contribution in [1.82, 2.24) is 4.90 Å². The van der Waals surface area contributed by atoms with Crippen molar-refractivity contribution in [1.29, 1.82) is 0 Å². The van der Waals surface area contributed by atoms with Gasteiger partial charge in [0.1, 0.15) is 23.2 Å². The van der Waals surface area contributed by atoms with Crippen LogP contribution in [0.25, 0.3) is 0 Å². The van der Waals surface area contributed by atoms with Crippen molar-refractivity contribution in [2.75, 3.05) is 31.6 Å². The second kappa shape index (κ2) is 10.8. The van der Waals surface area contributed by atoms with Gasteiger partial charge in [-0.3, -0.25) is 9.69 Å². The molecule has 1 saturated heterocycles. The third-order valence-electron chi connectivity index (χ3n) is 5.40. The molecule has 1 heterocycles. The lowest BCUT2D eigenvalue weighted by molar-refractivity contribution is -0.122. The number of nitrogens with one attached hydrogen (secondary N) is 1. The number of unbranched alkanes of at least 4 members (excludes halogenated alkanes) is 1. The van der Waals surface area contributed by atoms with Gasteiger partial charge in [0.2, 0.25) is 5.91 Å². The van der Waals surface area contributed by atoms with E-state index >= 15 is 0 Å². The highest BCUT2D eigenvalue weighted by Gasteiger charge is 2.39. The first-order valence-electron chi connectivity index (χ1n) is 10.8. The molecule has 1 aliphatic rings. The van der Waals surface area contributed by atoms with Crippen LogP contribution >= 0.6 is 11.6 Å². The van der Waals surface area contributed by atoms with Crippen LogP contribution in [-0.2, 0) is 4.79 Å². The third kappa shape index (κ3) is 7.13. The Labute approximate surface area is 189 Å². The summed E-state index contributed by atoms with van der Waals surface area (Å²) in [6.07, 6.45) is 2.15. The van der Waals surface area contributed by atoms with Gasteiger partial charge in [-0.2, -0.15) is 0 Å². The zero-order chi connectivity index (χ0) is 22.3. The number of piperidine rings is 1. The van der Waals surface area contributed by atoms with E-state index in [-0.39, 0.29) is 12.5 Å². The highest BCUT2D eigenvalue weighted by molar-refractivity contribution is 6.30. The largest absolute Gasteiger partial charge is 0.494 e. The van der Waals surface area contributed by atoms with Crippen LogP contribution in [-0.4, -0.2) is 53.9 Å². The minimum Gasteiger partial charge on any atom is -0.494 e. The summed E-state index contributed by atoms with van der Waals surface area (Å²) in [5.74, 6) is 1.29. The van der Waals surface area contributed by atoms with Crippen LogP contribution in [0.5, 0.6) is 11.5 Å². The molecule has 3 rings (SSSR count). The van der Waals surface area contributed by atoms with Crippen molar-refractivity contribution >= 4 is 23.2 Å². The Morgan fingerprint density at radius 3 is 2.74 bits per heavy atom. The number of halogens is 1. The quantitative estimate of drug-likeness (QED) is 0.560. The van der Waals surface area contributed by atoms with Crippen LogP contribution in [0.2, 0.25) is 5.02 Å². The SMILES string of the molecule is CCCCOc1ccc(NC(=O)CN2CC[C@](C)(O)[C@@H](Oc3cccc(Cl)c3)C2)cc1. The molecule has 31 heavy (non-hydrogen) atoms. The van der Waals surface area contributed by atoms with Gasteiger partial charge in [0.25, 0.3) is 0 Å². The number of anilines is 1. The number of benzene rings is 2. The predicted octanol–water partition coefficient (Wildman–Crippen LogP) is 4.36. The number of hydrogen-bond donors (Lipinski definition) is 2. The monoisotopic (exact) mass is 446 g/mol. The Morgan fingerprint density at radius 2 is 2.03 bits per heavy atom. The Bertz CT molecular complexity index is 857. The average molecular weight is 447 g/mol. The Balaban J connectivity index is 1.52. The van der Waals surface area contributed by atoms with Crippen LogP contribution in [0.4, 0.5) is 5.69 Å². The van der Waals surface area contributed by atoms with Crippen molar-refractivity contribution < 1.29 is 19.4 Å². The molecular weight excluding hydrogens is 416 g/mol. The van der Waals surface area contributed by atoms with E-state index in [0.717, 1.165) is 24.3 Å². The second-order valence-electron chi connectivity index (χ2n) is 8.18. The molecule has 2 aromatic carbocycles. The predicted molar refractivity (Wildman–Crippen MR) is 123 cm³/mol. The van der Waals surface area contributed by atoms with E-state index in [0.29, 0.717) is 36.9 Å². The number of amides is 1. The topological polar surface area (TPSA) is 71.0 Å². The summed E-state index contributed by atoms with van der Waals surface area (Å²) in [4.78, 5) is 14.5. The Hall–Kier alpha value is -2.28. The van der Waals surface area contributed by atoms with E-state index in [4.69, 9.17) is 21.1 Å². The van der Waals surface area contributed by atoms with E-state index in [9.17, 15) is 9.90 Å². The van der Waals surface area contributed by atoms with E-state index in [1.165, 1.54) is 0 Å². The molecule has 0 aromatic heterocycles. The van der Waals surface area contributed by atoms with Gasteiger partial charge in [0, 0.05) is 23.8 Å². The first-order chi connectivity index (χ1) is 14.9. The maximum Gasteiger partial charge on any atom is 0.238 e. The molecule has 1 fully saturated rings. The summed E-state index contributed by atoms with van der Waals surface area (Å²) in [5, 5.41) is 14.3. The summed E-state index contributed by atoms with van der Waals surface area (Å²) in [6.45, 7) is 5.86. The summed E-state index contributed by atoms with van der Waals surface area (Å²) >= 11 is 6.04. The molecule has 0 spiro atoms. The number of rotatable bonds is 9. The highest BCUT2D eigenvalue weighted by Crippen LogP contribution is 2.28. The molecule has 0 radical (unpaired) electrons. The summed E-state index contributed by atoms with van der Waals surface area (Å²) in [7, 11) is 0. The molecule has 0 unspecified atom stereocenters. The lowest BCUT2D eigenvalue weighted by Gasteiger charge is -2.42. The minimum absolute atomic E-state index is 0.109. The number of carbonyl (C=O) groups is 1. The molecule has 0 aliphatic carbocycles. The summed E-state index contributed by atoms with van der Waals surface area (Å²) < 4.78 is 11.7. The van der Waals surface area contributed by atoms with Crippen molar-refractivity contribution in [3.05, 3.63) is 53.6 Å². The number of carbonyl (C=O) groups excluding carboxylic acids is 1. The fourth-order valence-corrected chi connectivity index (χ4v) is 3.63. The average Bonchev–Trinajstić information content (AvgIpc) is 2.72. The van der Waals surface area contributed by atoms with Crippen molar-refractivity contribution in [2.24, 2.45) is 0 Å². The standard InChI is InChI=1S/C24H31ClN2O4/c1-3-4-14-30-20-10-8-19(9-11-20)26-23(28)17-27-13-12-24(2,29)22(16-27)31-21-7-5-6-18(25)15-21/h5-11,15,22,29H,3-4,12-14,16-17H2,1-2H3,(H,26,28)/t22-,24-/m0/s1. The van der Waals surface area contributed by atoms with E-state index < -0.39 is 11.7 Å². The molecule has 6 nitrogen and oxygen atoms in total. The van der Waals surface area contributed by atoms with Crippen LogP contribution in [0.15, 0.2) is 48.5 Å². The van der Waals surface area contributed by atoms with Crippen LogP contribution < -0.4 is 14.8 Å². The van der Waals surface area contributed by atoms with Gasteiger partial charge < -0.3 is 19.9 Å². The fourth-order valence-electron chi connectivity index (χ4n) is 3.45. The Morgan fingerprint density at radius 1 is 1.26 bits per heavy atom. The molecular formula is C24H31ClN2O4. The number of ether oxygens (including phenoxy) is 2. The lowest BCUT2D eigenvalue weighted by Crippen LogP contribution is -2.57. The molecule has 0 saturated carbocycles. The number of nitrogens with zero attached hydrogens (tertiary/aromatic N) is 1. The van der Waals surface area contributed by atoms with Gasteiger partial charge in [-0.05, 0) is 62.2 Å². The normalized spacial score (nSPS) is 21.5. The van der Waals surface area contributed by atoms with Gasteiger partial charge >= 0.3 is 0 Å². The third-order valence-corrected chi connectivity index (χ3v) is 5.63. The number of aliphatic hydroxyl groups is 1. The zero-order valence-corrected chi connectivity index (χ0v) is 18.9. The highest BCUT2D eigenvalue weighted by atomic mass is 35.5. The first-order valence-corrected chi connectivity index (χ1v) is 11.1. The van der Waals surface area contributed by atoms with E-state index in [1.54, 1.807) is 25.1 Å². The Kier molecular flexibility index (Phi) is 8.18. The van der Waals surface area contributed by atoms with Crippen LogP contribution in [0.1, 0.15) is 33.1 Å². The fraction of sp³-hybridized carbons (Fsp3) is 0.458. The number of likely N-dealkylation sites (tertiary alicyclic amines) is 1. The molecule has 2 N–H and O–H groups in total. The van der Waals surface area contributed by atoms with Crippen LogP contribution in [0.3, 0.4) is 0 Å². The van der Waals surface area contributed by atoms with Crippen molar-refractivity contribution in [3.8, 4) is 11.5 Å². The first kappa shape index (κ1) is 23.4. The smallest absolute Gasteiger partial charge is 0.238 e. The molecule has 0 bridgehead atoms. The second-order valence-corrected chi connectivity index (χ2v) is 8.62. The number of hydrogen-bond acceptors (Lipinski definition) is 5. The van der Waals surface area contributed by atoms with Gasteiger partial charge in [0.05, 0.1) is 13.2 Å². The molecule has 7 heteroatoms.